The fourth-order valence-electron chi connectivity index (χ4n) is 4.37. The highest BCUT2D eigenvalue weighted by molar-refractivity contribution is 6.07. The molecule has 3 aromatic rings. The molecule has 1 aliphatic rings. The Morgan fingerprint density at radius 2 is 1.47 bits per heavy atom. The minimum absolute atomic E-state index is 0.0286. The van der Waals surface area contributed by atoms with Crippen molar-refractivity contribution in [3.8, 4) is 0 Å². The summed E-state index contributed by atoms with van der Waals surface area (Å²) in [6.07, 6.45) is 3.25. The molecule has 186 valence electrons. The number of benzene rings is 3. The molecular formula is C29H32N4O3. The Hall–Kier alpha value is -4.13. The zero-order valence-corrected chi connectivity index (χ0v) is 20.6. The summed E-state index contributed by atoms with van der Waals surface area (Å²) < 4.78 is 0. The summed E-state index contributed by atoms with van der Waals surface area (Å²) >= 11 is 0. The normalized spacial score (nSPS) is 13.1. The van der Waals surface area contributed by atoms with E-state index < -0.39 is 0 Å². The van der Waals surface area contributed by atoms with Crippen molar-refractivity contribution in [3.63, 3.8) is 0 Å². The molecule has 0 unspecified atom stereocenters. The van der Waals surface area contributed by atoms with Crippen LogP contribution in [-0.4, -0.2) is 48.8 Å². The molecule has 1 heterocycles. The van der Waals surface area contributed by atoms with Crippen LogP contribution in [0.15, 0.2) is 78.9 Å². The fourth-order valence-corrected chi connectivity index (χ4v) is 4.37. The van der Waals surface area contributed by atoms with E-state index in [0.717, 1.165) is 31.6 Å². The van der Waals surface area contributed by atoms with Gasteiger partial charge in [0.25, 0.3) is 11.8 Å². The molecule has 0 aromatic heterocycles. The molecule has 0 saturated carbocycles. The molecule has 0 bridgehead atoms. The van der Waals surface area contributed by atoms with Crippen LogP contribution in [-0.2, 0) is 4.79 Å². The zero-order valence-electron chi connectivity index (χ0n) is 20.6. The molecule has 7 heteroatoms. The van der Waals surface area contributed by atoms with E-state index >= 15 is 0 Å². The van der Waals surface area contributed by atoms with Gasteiger partial charge in [0.1, 0.15) is 0 Å². The van der Waals surface area contributed by atoms with Gasteiger partial charge in [0.15, 0.2) is 0 Å². The van der Waals surface area contributed by atoms with Crippen LogP contribution >= 0.6 is 0 Å². The summed E-state index contributed by atoms with van der Waals surface area (Å²) in [4.78, 5) is 42.0. The van der Waals surface area contributed by atoms with Crippen LogP contribution in [0.25, 0.3) is 0 Å². The topological polar surface area (TPSA) is 81.8 Å². The van der Waals surface area contributed by atoms with Crippen LogP contribution in [0, 0.1) is 0 Å². The SMILES string of the molecule is CCN(C(=O)c1cccc(NC(=O)CNc2cccc(C(=O)N3CCCCC3)c2)c1)c1ccccc1. The molecule has 3 amide bonds. The first-order valence-electron chi connectivity index (χ1n) is 12.4. The van der Waals surface area contributed by atoms with E-state index in [4.69, 9.17) is 0 Å². The number of rotatable bonds is 8. The average molecular weight is 485 g/mol. The largest absolute Gasteiger partial charge is 0.376 e. The van der Waals surface area contributed by atoms with E-state index in [1.807, 2.05) is 54.3 Å². The number of piperidine rings is 1. The fraction of sp³-hybridized carbons (Fsp3) is 0.276. The van der Waals surface area contributed by atoms with Gasteiger partial charge in [0, 0.05) is 47.8 Å². The van der Waals surface area contributed by atoms with E-state index in [0.29, 0.717) is 29.0 Å². The van der Waals surface area contributed by atoms with Crippen molar-refractivity contribution in [3.05, 3.63) is 90.0 Å². The second-order valence-corrected chi connectivity index (χ2v) is 8.80. The molecule has 3 aromatic carbocycles. The summed E-state index contributed by atoms with van der Waals surface area (Å²) in [7, 11) is 0. The summed E-state index contributed by atoms with van der Waals surface area (Å²) in [6, 6.07) is 23.7. The van der Waals surface area contributed by atoms with Gasteiger partial charge in [-0.05, 0) is 74.7 Å². The highest BCUT2D eigenvalue weighted by Gasteiger charge is 2.19. The number of para-hydroxylation sites is 1. The quantitative estimate of drug-likeness (QED) is 0.470. The van der Waals surface area contributed by atoms with Crippen LogP contribution in [0.3, 0.4) is 0 Å². The molecule has 1 aliphatic heterocycles. The zero-order chi connectivity index (χ0) is 25.3. The maximum Gasteiger partial charge on any atom is 0.258 e. The van der Waals surface area contributed by atoms with Gasteiger partial charge in [-0.25, -0.2) is 0 Å². The lowest BCUT2D eigenvalue weighted by Crippen LogP contribution is -2.35. The predicted octanol–water partition coefficient (Wildman–Crippen LogP) is 5.03. The number of carbonyl (C=O) groups excluding carboxylic acids is 3. The van der Waals surface area contributed by atoms with E-state index in [1.165, 1.54) is 6.42 Å². The van der Waals surface area contributed by atoms with Gasteiger partial charge in [0.05, 0.1) is 6.54 Å². The molecule has 36 heavy (non-hydrogen) atoms. The first-order chi connectivity index (χ1) is 17.5. The highest BCUT2D eigenvalue weighted by Crippen LogP contribution is 2.19. The smallest absolute Gasteiger partial charge is 0.258 e. The van der Waals surface area contributed by atoms with Crippen molar-refractivity contribution >= 4 is 34.8 Å². The van der Waals surface area contributed by atoms with E-state index in [1.54, 1.807) is 41.3 Å². The van der Waals surface area contributed by atoms with Crippen LogP contribution in [0.2, 0.25) is 0 Å². The Morgan fingerprint density at radius 1 is 0.806 bits per heavy atom. The molecule has 1 saturated heterocycles. The lowest BCUT2D eigenvalue weighted by atomic mass is 10.1. The van der Waals surface area contributed by atoms with Gasteiger partial charge in [-0.3, -0.25) is 14.4 Å². The van der Waals surface area contributed by atoms with Gasteiger partial charge in [0.2, 0.25) is 5.91 Å². The highest BCUT2D eigenvalue weighted by atomic mass is 16.2. The molecular weight excluding hydrogens is 452 g/mol. The van der Waals surface area contributed by atoms with Gasteiger partial charge >= 0.3 is 0 Å². The van der Waals surface area contributed by atoms with Gasteiger partial charge in [-0.15, -0.1) is 0 Å². The average Bonchev–Trinajstić information content (AvgIpc) is 2.93. The summed E-state index contributed by atoms with van der Waals surface area (Å²) in [6.45, 7) is 4.08. The molecule has 4 rings (SSSR count). The Kier molecular flexibility index (Phi) is 8.34. The lowest BCUT2D eigenvalue weighted by molar-refractivity contribution is -0.114. The molecule has 0 aliphatic carbocycles. The Labute approximate surface area is 212 Å². The number of anilines is 3. The van der Waals surface area contributed by atoms with Crippen molar-refractivity contribution < 1.29 is 14.4 Å². The van der Waals surface area contributed by atoms with Crippen LogP contribution in [0.4, 0.5) is 17.1 Å². The number of carbonyl (C=O) groups is 3. The minimum atomic E-state index is -0.247. The van der Waals surface area contributed by atoms with Crippen LogP contribution in [0.5, 0.6) is 0 Å². The van der Waals surface area contributed by atoms with Crippen molar-refractivity contribution in [2.75, 3.05) is 41.7 Å². The summed E-state index contributed by atoms with van der Waals surface area (Å²) in [5.41, 5.74) is 3.19. The number of nitrogens with zero attached hydrogens (tertiary/aromatic N) is 2. The minimum Gasteiger partial charge on any atom is -0.376 e. The Morgan fingerprint density at radius 3 is 2.19 bits per heavy atom. The number of amides is 3. The van der Waals surface area contributed by atoms with Crippen LogP contribution < -0.4 is 15.5 Å². The summed E-state index contributed by atoms with van der Waals surface area (Å²) in [5, 5.41) is 5.94. The monoisotopic (exact) mass is 484 g/mol. The predicted molar refractivity (Wildman–Crippen MR) is 144 cm³/mol. The van der Waals surface area contributed by atoms with Crippen molar-refractivity contribution in [2.24, 2.45) is 0 Å². The Balaban J connectivity index is 1.35. The van der Waals surface area contributed by atoms with Gasteiger partial charge < -0.3 is 20.4 Å². The molecule has 0 spiro atoms. The standard InChI is InChI=1S/C29H32N4O3/c1-2-33(26-15-5-3-6-16-26)29(36)23-12-10-14-25(20-23)31-27(34)21-30-24-13-9-11-22(19-24)28(35)32-17-7-4-8-18-32/h3,5-6,9-16,19-20,30H,2,4,7-8,17-18,21H2,1H3,(H,31,34). The molecule has 7 nitrogen and oxygen atoms in total. The van der Waals surface area contributed by atoms with Crippen molar-refractivity contribution in [1.29, 1.82) is 0 Å². The van der Waals surface area contributed by atoms with Gasteiger partial charge in [-0.2, -0.15) is 0 Å². The third-order valence-electron chi connectivity index (χ3n) is 6.23. The number of hydrogen-bond donors (Lipinski definition) is 2. The maximum absolute atomic E-state index is 13.1. The first kappa shape index (κ1) is 25.0. The van der Waals surface area contributed by atoms with Crippen LogP contribution in [0.1, 0.15) is 46.9 Å². The van der Waals surface area contributed by atoms with E-state index in [9.17, 15) is 14.4 Å². The second-order valence-electron chi connectivity index (χ2n) is 8.80. The van der Waals surface area contributed by atoms with E-state index in [-0.39, 0.29) is 24.3 Å². The summed E-state index contributed by atoms with van der Waals surface area (Å²) in [5.74, 6) is -0.350. The number of likely N-dealkylation sites (tertiary alicyclic amines) is 1. The molecule has 0 radical (unpaired) electrons. The van der Waals surface area contributed by atoms with Gasteiger partial charge in [-0.1, -0.05) is 30.3 Å². The van der Waals surface area contributed by atoms with Crippen molar-refractivity contribution in [2.45, 2.75) is 26.2 Å². The Bertz CT molecular complexity index is 1210. The third-order valence-corrected chi connectivity index (χ3v) is 6.23. The molecule has 1 fully saturated rings. The second kappa shape index (κ2) is 12.0. The number of hydrogen-bond acceptors (Lipinski definition) is 4. The first-order valence-corrected chi connectivity index (χ1v) is 12.4. The molecule has 2 N–H and O–H groups in total. The molecule has 0 atom stereocenters. The third kappa shape index (κ3) is 6.30. The van der Waals surface area contributed by atoms with E-state index in [2.05, 4.69) is 10.6 Å². The lowest BCUT2D eigenvalue weighted by Gasteiger charge is -2.26. The number of nitrogens with one attached hydrogen (secondary N) is 2. The van der Waals surface area contributed by atoms with Crippen molar-refractivity contribution in [1.82, 2.24) is 4.90 Å². The maximum atomic E-state index is 13.1.